The van der Waals surface area contributed by atoms with Crippen LogP contribution in [0.5, 0.6) is 0 Å². The van der Waals surface area contributed by atoms with E-state index in [1.165, 1.54) is 0 Å². The van der Waals surface area contributed by atoms with E-state index in [2.05, 4.69) is 20.1 Å². The minimum absolute atomic E-state index is 0.338. The molecule has 124 valence electrons. The molecule has 1 aliphatic rings. The summed E-state index contributed by atoms with van der Waals surface area (Å²) in [6.45, 7) is 0.106. The van der Waals surface area contributed by atoms with E-state index in [-0.39, 0.29) is 6.10 Å². The van der Waals surface area contributed by atoms with Crippen molar-refractivity contribution in [1.82, 2.24) is 15.2 Å². The van der Waals surface area contributed by atoms with Crippen LogP contribution in [0.4, 0.5) is 19.0 Å². The van der Waals surface area contributed by atoms with Gasteiger partial charge in [-0.3, -0.25) is 10.1 Å². The molecule has 8 heteroatoms. The number of halogens is 3. The summed E-state index contributed by atoms with van der Waals surface area (Å²) in [6, 6.07) is 5.68. The molecule has 1 aliphatic heterocycles. The molecular weight excluding hydrogens is 309 g/mol. The first kappa shape index (κ1) is 15.8. The molecule has 0 spiro atoms. The van der Waals surface area contributed by atoms with Crippen molar-refractivity contribution in [1.29, 1.82) is 0 Å². The van der Waals surface area contributed by atoms with Crippen molar-refractivity contribution < 1.29 is 17.9 Å². The molecule has 1 saturated heterocycles. The topological polar surface area (TPSA) is 54.0 Å². The molecule has 2 aromatic heterocycles. The normalized spacial score (nSPS) is 16.7. The average Bonchev–Trinajstić information content (AvgIpc) is 3.04. The Labute approximate surface area is 131 Å². The first-order valence-corrected chi connectivity index (χ1v) is 7.40. The molecule has 0 aliphatic carbocycles. The van der Waals surface area contributed by atoms with Gasteiger partial charge < -0.3 is 9.64 Å². The van der Waals surface area contributed by atoms with Gasteiger partial charge in [-0.2, -0.15) is 18.3 Å². The molecule has 1 N–H and O–H groups in total. The minimum atomic E-state index is -4.26. The van der Waals surface area contributed by atoms with E-state index in [0.717, 1.165) is 17.1 Å². The van der Waals surface area contributed by atoms with Crippen LogP contribution in [0.25, 0.3) is 11.3 Å². The third kappa shape index (κ3) is 4.22. The smallest absolute Gasteiger partial charge is 0.369 e. The molecule has 0 amide bonds. The first-order valence-electron chi connectivity index (χ1n) is 7.40. The van der Waals surface area contributed by atoms with E-state index in [1.54, 1.807) is 12.4 Å². The molecule has 2 aromatic rings. The van der Waals surface area contributed by atoms with E-state index in [9.17, 15) is 13.2 Å². The second kappa shape index (κ2) is 6.57. The molecule has 0 atom stereocenters. The Balaban J connectivity index is 1.55. The Kier molecular flexibility index (Phi) is 4.51. The molecule has 1 fully saturated rings. The van der Waals surface area contributed by atoms with Crippen molar-refractivity contribution in [2.75, 3.05) is 24.6 Å². The van der Waals surface area contributed by atoms with Gasteiger partial charge in [-0.25, -0.2) is 0 Å². The summed E-state index contributed by atoms with van der Waals surface area (Å²) in [6.07, 6.45) is -0.0601. The third-order valence-electron chi connectivity index (χ3n) is 3.81. The fourth-order valence-electron chi connectivity index (χ4n) is 2.62. The van der Waals surface area contributed by atoms with E-state index in [1.807, 2.05) is 18.2 Å². The number of hydrogen-bond donors (Lipinski definition) is 1. The van der Waals surface area contributed by atoms with Gasteiger partial charge in [0.15, 0.2) is 0 Å². The highest BCUT2D eigenvalue weighted by Crippen LogP contribution is 2.25. The molecule has 5 nitrogen and oxygen atoms in total. The summed E-state index contributed by atoms with van der Waals surface area (Å²) >= 11 is 0. The lowest BCUT2D eigenvalue weighted by Gasteiger charge is -2.32. The fourth-order valence-corrected chi connectivity index (χ4v) is 2.62. The van der Waals surface area contributed by atoms with Crippen LogP contribution in [0.1, 0.15) is 12.8 Å². The number of hydrogen-bond acceptors (Lipinski definition) is 4. The second-order valence-electron chi connectivity index (χ2n) is 5.49. The van der Waals surface area contributed by atoms with Gasteiger partial charge in [0.2, 0.25) is 0 Å². The number of nitrogens with one attached hydrogen (secondary N) is 1. The van der Waals surface area contributed by atoms with Crippen molar-refractivity contribution in [2.24, 2.45) is 0 Å². The third-order valence-corrected chi connectivity index (χ3v) is 3.81. The summed E-state index contributed by atoms with van der Waals surface area (Å²) in [5.74, 6) is 0.867. The number of aromatic amines is 1. The van der Waals surface area contributed by atoms with E-state index < -0.39 is 12.8 Å². The van der Waals surface area contributed by atoms with Gasteiger partial charge in [0.1, 0.15) is 12.4 Å². The van der Waals surface area contributed by atoms with Gasteiger partial charge in [0.25, 0.3) is 0 Å². The Bertz CT molecular complexity index is 621. The predicted octanol–water partition coefficient (Wildman–Crippen LogP) is 3.02. The first-order chi connectivity index (χ1) is 11.0. The van der Waals surface area contributed by atoms with E-state index in [4.69, 9.17) is 4.74 Å². The number of ether oxygens (including phenoxy) is 1. The number of anilines is 1. The van der Waals surface area contributed by atoms with E-state index >= 15 is 0 Å². The molecule has 3 rings (SSSR count). The lowest BCUT2D eigenvalue weighted by Crippen LogP contribution is -2.38. The zero-order valence-electron chi connectivity index (χ0n) is 12.4. The van der Waals surface area contributed by atoms with Gasteiger partial charge in [-0.05, 0) is 25.0 Å². The zero-order valence-corrected chi connectivity index (χ0v) is 12.4. The van der Waals surface area contributed by atoms with Gasteiger partial charge in [-0.1, -0.05) is 0 Å². The summed E-state index contributed by atoms with van der Waals surface area (Å²) in [4.78, 5) is 6.04. The van der Waals surface area contributed by atoms with Crippen LogP contribution in [-0.2, 0) is 4.74 Å². The van der Waals surface area contributed by atoms with Gasteiger partial charge in [0.05, 0.1) is 11.8 Å². The molecular formula is C15H17F3N4O. The van der Waals surface area contributed by atoms with Crippen LogP contribution < -0.4 is 4.90 Å². The quantitative estimate of drug-likeness (QED) is 0.938. The van der Waals surface area contributed by atoms with Crippen LogP contribution >= 0.6 is 0 Å². The predicted molar refractivity (Wildman–Crippen MR) is 79.1 cm³/mol. The zero-order chi connectivity index (χ0) is 16.3. The van der Waals surface area contributed by atoms with Crippen molar-refractivity contribution in [3.63, 3.8) is 0 Å². The average molecular weight is 326 g/mol. The van der Waals surface area contributed by atoms with Crippen LogP contribution in [0.3, 0.4) is 0 Å². The van der Waals surface area contributed by atoms with Gasteiger partial charge in [-0.15, -0.1) is 0 Å². The van der Waals surface area contributed by atoms with Crippen molar-refractivity contribution in [2.45, 2.75) is 25.1 Å². The highest BCUT2D eigenvalue weighted by Gasteiger charge is 2.30. The number of aromatic nitrogens is 3. The second-order valence-corrected chi connectivity index (χ2v) is 5.49. The Morgan fingerprint density at radius 2 is 1.91 bits per heavy atom. The monoisotopic (exact) mass is 326 g/mol. The summed E-state index contributed by atoms with van der Waals surface area (Å²) in [7, 11) is 0. The summed E-state index contributed by atoms with van der Waals surface area (Å²) in [5, 5.41) is 7.25. The highest BCUT2D eigenvalue weighted by atomic mass is 19.4. The standard InChI is InChI=1S/C15H17F3N4O/c16-15(17,18)10-23-12-3-7-22(8-4-12)14-9-13(20-21-14)11-1-5-19-6-2-11/h1-2,5-6,9,12H,3-4,7-8,10H2,(H,20,21). The maximum atomic E-state index is 12.2. The maximum Gasteiger partial charge on any atom is 0.411 e. The van der Waals surface area contributed by atoms with Crippen LogP contribution in [-0.4, -0.2) is 47.2 Å². The Morgan fingerprint density at radius 1 is 1.22 bits per heavy atom. The largest absolute Gasteiger partial charge is 0.411 e. The Morgan fingerprint density at radius 3 is 2.57 bits per heavy atom. The van der Waals surface area contributed by atoms with Crippen molar-refractivity contribution in [3.05, 3.63) is 30.6 Å². The van der Waals surface area contributed by atoms with Gasteiger partial charge in [0, 0.05) is 37.1 Å². The SMILES string of the molecule is FC(F)(F)COC1CCN(c2cc(-c3ccncc3)n[nH]2)CC1. The number of alkyl halides is 3. The molecule has 0 radical (unpaired) electrons. The van der Waals surface area contributed by atoms with Crippen molar-refractivity contribution >= 4 is 5.82 Å². The molecule has 23 heavy (non-hydrogen) atoms. The molecule has 0 unspecified atom stereocenters. The van der Waals surface area contributed by atoms with Crippen LogP contribution in [0, 0.1) is 0 Å². The maximum absolute atomic E-state index is 12.2. The molecule has 0 bridgehead atoms. The molecule has 0 saturated carbocycles. The molecule has 0 aromatic carbocycles. The fraction of sp³-hybridized carbons (Fsp3) is 0.467. The number of pyridine rings is 1. The summed E-state index contributed by atoms with van der Waals surface area (Å²) < 4.78 is 41.4. The van der Waals surface area contributed by atoms with E-state index in [0.29, 0.717) is 25.9 Å². The lowest BCUT2D eigenvalue weighted by atomic mass is 10.1. The van der Waals surface area contributed by atoms with Crippen LogP contribution in [0.15, 0.2) is 30.6 Å². The van der Waals surface area contributed by atoms with Crippen LogP contribution in [0.2, 0.25) is 0 Å². The lowest BCUT2D eigenvalue weighted by molar-refractivity contribution is -0.186. The number of nitrogens with zero attached hydrogens (tertiary/aromatic N) is 3. The number of rotatable bonds is 4. The van der Waals surface area contributed by atoms with Crippen molar-refractivity contribution in [3.8, 4) is 11.3 Å². The molecule has 3 heterocycles. The number of piperidine rings is 1. The Hall–Kier alpha value is -2.09. The number of H-pyrrole nitrogens is 1. The van der Waals surface area contributed by atoms with Gasteiger partial charge >= 0.3 is 6.18 Å². The summed E-state index contributed by atoms with van der Waals surface area (Å²) in [5.41, 5.74) is 1.78. The minimum Gasteiger partial charge on any atom is -0.369 e. The highest BCUT2D eigenvalue weighted by molar-refractivity contribution is 5.62.